The monoisotopic (exact) mass is 440 g/mol. The second-order valence-corrected chi connectivity index (χ2v) is 8.11. The highest BCUT2D eigenvalue weighted by atomic mass is 35.5. The van der Waals surface area contributed by atoms with Crippen molar-refractivity contribution in [2.75, 3.05) is 10.6 Å². The van der Waals surface area contributed by atoms with E-state index in [0.29, 0.717) is 31.9 Å². The summed E-state index contributed by atoms with van der Waals surface area (Å²) in [7, 11) is 0. The first kappa shape index (κ1) is 19.5. The van der Waals surface area contributed by atoms with Crippen LogP contribution in [0, 0.1) is 0 Å². The van der Waals surface area contributed by atoms with Crippen LogP contribution in [0.1, 0.15) is 20.0 Å². The van der Waals surface area contributed by atoms with Gasteiger partial charge in [0.05, 0.1) is 5.02 Å². The zero-order chi connectivity index (χ0) is 20.4. The Hall–Kier alpha value is -2.86. The molecule has 0 bridgehead atoms. The van der Waals surface area contributed by atoms with Crippen LogP contribution in [0.3, 0.4) is 0 Å². The van der Waals surface area contributed by atoms with Crippen molar-refractivity contribution in [3.8, 4) is 0 Å². The molecule has 2 amide bonds. The Bertz CT molecular complexity index is 1240. The summed E-state index contributed by atoms with van der Waals surface area (Å²) in [4.78, 5) is 25.5. The van der Waals surface area contributed by atoms with Crippen LogP contribution < -0.4 is 10.6 Å². The van der Waals surface area contributed by atoms with Gasteiger partial charge in [0, 0.05) is 32.0 Å². The normalized spacial score (nSPS) is 10.7. The number of amides is 2. The quantitative estimate of drug-likeness (QED) is 0.370. The van der Waals surface area contributed by atoms with Gasteiger partial charge in [-0.2, -0.15) is 0 Å². The molecule has 4 nitrogen and oxygen atoms in total. The molecule has 0 atom stereocenters. The van der Waals surface area contributed by atoms with Crippen LogP contribution in [0.2, 0.25) is 10.0 Å². The number of carbonyl (C=O) groups excluding carboxylic acids is 2. The van der Waals surface area contributed by atoms with E-state index in [2.05, 4.69) is 10.6 Å². The molecule has 0 aliphatic heterocycles. The Morgan fingerprint density at radius 2 is 1.45 bits per heavy atom. The van der Waals surface area contributed by atoms with E-state index in [9.17, 15) is 9.59 Å². The van der Waals surface area contributed by atoms with Crippen LogP contribution >= 0.6 is 34.5 Å². The first-order valence-corrected chi connectivity index (χ1v) is 10.2. The fraction of sp³-hybridized carbons (Fsp3) is 0. The van der Waals surface area contributed by atoms with Gasteiger partial charge in [-0.1, -0.05) is 53.5 Å². The number of halogens is 2. The van der Waals surface area contributed by atoms with E-state index >= 15 is 0 Å². The van der Waals surface area contributed by atoms with E-state index in [4.69, 9.17) is 23.2 Å². The molecule has 4 rings (SSSR count). The summed E-state index contributed by atoms with van der Waals surface area (Å²) >= 11 is 13.7. The maximum absolute atomic E-state index is 12.7. The minimum atomic E-state index is -0.297. The minimum absolute atomic E-state index is 0.288. The zero-order valence-electron chi connectivity index (χ0n) is 14.9. The highest BCUT2D eigenvalue weighted by Crippen LogP contribution is 2.35. The van der Waals surface area contributed by atoms with Crippen molar-refractivity contribution in [1.82, 2.24) is 0 Å². The molecule has 0 saturated carbocycles. The lowest BCUT2D eigenvalue weighted by Gasteiger charge is -2.09. The van der Waals surface area contributed by atoms with Crippen LogP contribution in [0.25, 0.3) is 10.1 Å². The number of nitrogens with one attached hydrogen (secondary N) is 2. The summed E-state index contributed by atoms with van der Waals surface area (Å²) in [5.41, 5.74) is 1.55. The summed E-state index contributed by atoms with van der Waals surface area (Å²) in [6, 6.07) is 21.2. The predicted molar refractivity (Wildman–Crippen MR) is 121 cm³/mol. The second-order valence-electron chi connectivity index (χ2n) is 6.24. The third kappa shape index (κ3) is 4.27. The lowest BCUT2D eigenvalue weighted by Crippen LogP contribution is -2.13. The summed E-state index contributed by atoms with van der Waals surface area (Å²) in [5.74, 6) is -0.585. The van der Waals surface area contributed by atoms with Crippen LogP contribution in [0.15, 0.2) is 72.8 Å². The van der Waals surface area contributed by atoms with Crippen LogP contribution in [-0.2, 0) is 0 Å². The molecule has 0 saturated heterocycles. The van der Waals surface area contributed by atoms with Gasteiger partial charge < -0.3 is 10.6 Å². The molecule has 144 valence electrons. The van der Waals surface area contributed by atoms with Gasteiger partial charge in [0.1, 0.15) is 4.88 Å². The first-order chi connectivity index (χ1) is 14.0. The Balaban J connectivity index is 1.52. The van der Waals surface area contributed by atoms with E-state index in [1.807, 2.05) is 24.3 Å². The van der Waals surface area contributed by atoms with Crippen molar-refractivity contribution in [2.24, 2.45) is 0 Å². The van der Waals surface area contributed by atoms with Gasteiger partial charge in [-0.05, 0) is 42.5 Å². The number of rotatable bonds is 4. The molecule has 0 aliphatic rings. The number of fused-ring (bicyclic) bond motifs is 1. The lowest BCUT2D eigenvalue weighted by atomic mass is 10.2. The maximum atomic E-state index is 12.7. The van der Waals surface area contributed by atoms with Crippen molar-refractivity contribution in [1.29, 1.82) is 0 Å². The molecular weight excluding hydrogens is 427 g/mol. The Morgan fingerprint density at radius 1 is 0.759 bits per heavy atom. The van der Waals surface area contributed by atoms with Gasteiger partial charge in [-0.25, -0.2) is 0 Å². The van der Waals surface area contributed by atoms with E-state index in [1.165, 1.54) is 11.3 Å². The van der Waals surface area contributed by atoms with Gasteiger partial charge in [0.15, 0.2) is 0 Å². The van der Waals surface area contributed by atoms with E-state index in [1.54, 1.807) is 48.5 Å². The van der Waals surface area contributed by atoms with Crippen LogP contribution in [0.5, 0.6) is 0 Å². The van der Waals surface area contributed by atoms with Crippen LogP contribution in [-0.4, -0.2) is 11.8 Å². The molecule has 1 aromatic heterocycles. The van der Waals surface area contributed by atoms with Gasteiger partial charge >= 0.3 is 0 Å². The summed E-state index contributed by atoms with van der Waals surface area (Å²) < 4.78 is 0.949. The van der Waals surface area contributed by atoms with E-state index < -0.39 is 0 Å². The first-order valence-electron chi connectivity index (χ1n) is 8.66. The Morgan fingerprint density at radius 3 is 2.17 bits per heavy atom. The standard InChI is InChI=1S/C22H14Cl2N2O2S/c23-14-6-3-5-13(11-14)21(27)25-15-7-4-8-16(12-15)26-22(28)20-19(24)17-9-1-2-10-18(17)29-20/h1-12H,(H,25,27)(H,26,28). The van der Waals surface area contributed by atoms with E-state index in [-0.39, 0.29) is 11.8 Å². The molecule has 1 heterocycles. The molecule has 0 radical (unpaired) electrons. The molecule has 7 heteroatoms. The number of thiophene rings is 1. The predicted octanol–water partition coefficient (Wildman–Crippen LogP) is 6.71. The van der Waals surface area contributed by atoms with Crippen molar-refractivity contribution >= 4 is 67.8 Å². The fourth-order valence-electron chi connectivity index (χ4n) is 2.86. The lowest BCUT2D eigenvalue weighted by molar-refractivity contribution is 0.102. The summed E-state index contributed by atoms with van der Waals surface area (Å²) in [6.45, 7) is 0. The van der Waals surface area contributed by atoms with Crippen molar-refractivity contribution in [3.05, 3.63) is 93.3 Å². The summed E-state index contributed by atoms with van der Waals surface area (Å²) in [6.07, 6.45) is 0. The minimum Gasteiger partial charge on any atom is -0.322 e. The van der Waals surface area contributed by atoms with Gasteiger partial charge in [0.25, 0.3) is 11.8 Å². The second kappa shape index (κ2) is 8.25. The van der Waals surface area contributed by atoms with Gasteiger partial charge in [-0.3, -0.25) is 9.59 Å². The van der Waals surface area contributed by atoms with Gasteiger partial charge in [-0.15, -0.1) is 11.3 Å². The third-order valence-electron chi connectivity index (χ3n) is 4.21. The van der Waals surface area contributed by atoms with Crippen LogP contribution in [0.4, 0.5) is 11.4 Å². The maximum Gasteiger partial charge on any atom is 0.267 e. The third-order valence-corrected chi connectivity index (χ3v) is 6.12. The van der Waals surface area contributed by atoms with Gasteiger partial charge in [0.2, 0.25) is 0 Å². The average Bonchev–Trinajstić information content (AvgIpc) is 3.05. The number of anilines is 2. The molecule has 0 unspecified atom stereocenters. The molecule has 4 aromatic rings. The SMILES string of the molecule is O=C(Nc1cccc(NC(=O)c2sc3ccccc3c2Cl)c1)c1cccc(Cl)c1. The van der Waals surface area contributed by atoms with E-state index in [0.717, 1.165) is 10.1 Å². The Kier molecular flexibility index (Phi) is 5.53. The number of hydrogen-bond acceptors (Lipinski definition) is 3. The highest BCUT2D eigenvalue weighted by molar-refractivity contribution is 7.21. The molecule has 3 aromatic carbocycles. The smallest absolute Gasteiger partial charge is 0.267 e. The van der Waals surface area contributed by atoms with Crippen molar-refractivity contribution in [2.45, 2.75) is 0 Å². The number of hydrogen-bond donors (Lipinski definition) is 2. The van der Waals surface area contributed by atoms with Crippen molar-refractivity contribution in [3.63, 3.8) is 0 Å². The molecule has 0 fully saturated rings. The summed E-state index contributed by atoms with van der Waals surface area (Å²) in [5, 5.41) is 7.41. The molecular formula is C22H14Cl2N2O2S. The van der Waals surface area contributed by atoms with Crippen molar-refractivity contribution < 1.29 is 9.59 Å². The number of carbonyl (C=O) groups is 2. The zero-order valence-corrected chi connectivity index (χ0v) is 17.2. The molecule has 2 N–H and O–H groups in total. The molecule has 29 heavy (non-hydrogen) atoms. The molecule has 0 spiro atoms. The largest absolute Gasteiger partial charge is 0.322 e. The fourth-order valence-corrected chi connectivity index (χ4v) is 4.46. The average molecular weight is 441 g/mol. The number of benzene rings is 3. The highest BCUT2D eigenvalue weighted by Gasteiger charge is 2.17. The Labute approximate surface area is 181 Å². The molecule has 0 aliphatic carbocycles. The topological polar surface area (TPSA) is 58.2 Å².